The molecular formula is C14H18N6. The van der Waals surface area contributed by atoms with Crippen LogP contribution in [-0.4, -0.2) is 46.3 Å². The highest BCUT2D eigenvalue weighted by atomic mass is 15.3. The van der Waals surface area contributed by atoms with Crippen molar-refractivity contribution in [3.8, 4) is 0 Å². The van der Waals surface area contributed by atoms with Crippen molar-refractivity contribution < 1.29 is 0 Å². The van der Waals surface area contributed by atoms with Crippen LogP contribution in [-0.2, 0) is 0 Å². The Bertz CT molecular complexity index is 532. The van der Waals surface area contributed by atoms with Crippen LogP contribution in [0.3, 0.4) is 0 Å². The lowest BCUT2D eigenvalue weighted by Crippen LogP contribution is -2.39. The molecule has 1 fully saturated rings. The Morgan fingerprint density at radius 1 is 1.35 bits per heavy atom. The molecule has 1 atom stereocenters. The third-order valence-corrected chi connectivity index (χ3v) is 3.65. The highest BCUT2D eigenvalue weighted by Gasteiger charge is 2.27. The molecule has 1 unspecified atom stereocenters. The van der Waals surface area contributed by atoms with Crippen LogP contribution < -0.4 is 9.80 Å². The number of hydrogen-bond donors (Lipinski definition) is 0. The van der Waals surface area contributed by atoms with Gasteiger partial charge in [-0.1, -0.05) is 0 Å². The normalized spacial score (nSPS) is 18.2. The van der Waals surface area contributed by atoms with Gasteiger partial charge in [0.05, 0.1) is 6.20 Å². The van der Waals surface area contributed by atoms with Gasteiger partial charge in [-0.2, -0.15) is 5.10 Å². The molecule has 1 aliphatic rings. The molecular weight excluding hydrogens is 252 g/mol. The number of likely N-dealkylation sites (N-methyl/N-ethyl adjacent to an activating group) is 1. The summed E-state index contributed by atoms with van der Waals surface area (Å²) < 4.78 is 0. The van der Waals surface area contributed by atoms with Crippen LogP contribution in [0, 0.1) is 0 Å². The molecule has 0 radical (unpaired) electrons. The smallest absolute Gasteiger partial charge is 0.151 e. The van der Waals surface area contributed by atoms with Crippen molar-refractivity contribution in [1.29, 1.82) is 0 Å². The molecule has 0 spiro atoms. The van der Waals surface area contributed by atoms with Gasteiger partial charge >= 0.3 is 0 Å². The van der Waals surface area contributed by atoms with E-state index in [1.54, 1.807) is 24.8 Å². The van der Waals surface area contributed by atoms with Gasteiger partial charge in [0.2, 0.25) is 0 Å². The van der Waals surface area contributed by atoms with Crippen molar-refractivity contribution in [3.63, 3.8) is 0 Å². The Morgan fingerprint density at radius 3 is 3.05 bits per heavy atom. The zero-order valence-electron chi connectivity index (χ0n) is 11.6. The van der Waals surface area contributed by atoms with Crippen LogP contribution in [0.1, 0.15) is 12.8 Å². The molecule has 0 bridgehead atoms. The van der Waals surface area contributed by atoms with Gasteiger partial charge < -0.3 is 9.80 Å². The Morgan fingerprint density at radius 2 is 2.30 bits per heavy atom. The van der Waals surface area contributed by atoms with Crippen molar-refractivity contribution in [1.82, 2.24) is 20.2 Å². The standard InChI is InChI=1S/C14H18N6/c1-19(14-10-15-7-8-16-14)11-12-4-3-9-20(12)13-5-2-6-17-18-13/h2,5-8,10,12H,3-4,9,11H2,1H3. The number of rotatable bonds is 4. The lowest BCUT2D eigenvalue weighted by atomic mass is 10.2. The van der Waals surface area contributed by atoms with Gasteiger partial charge in [-0.25, -0.2) is 4.98 Å². The maximum Gasteiger partial charge on any atom is 0.151 e. The van der Waals surface area contributed by atoms with Crippen LogP contribution in [0.4, 0.5) is 11.6 Å². The lowest BCUT2D eigenvalue weighted by Gasteiger charge is -2.29. The first-order valence-electron chi connectivity index (χ1n) is 6.86. The van der Waals surface area contributed by atoms with Gasteiger partial charge in [0.25, 0.3) is 0 Å². The number of anilines is 2. The van der Waals surface area contributed by atoms with Crippen molar-refractivity contribution >= 4 is 11.6 Å². The van der Waals surface area contributed by atoms with Gasteiger partial charge in [-0.05, 0) is 25.0 Å². The van der Waals surface area contributed by atoms with E-state index in [2.05, 4.69) is 37.0 Å². The molecule has 6 heteroatoms. The molecule has 1 saturated heterocycles. The van der Waals surface area contributed by atoms with E-state index in [1.165, 1.54) is 12.8 Å². The molecule has 0 amide bonds. The average Bonchev–Trinajstić information content (AvgIpc) is 2.97. The van der Waals surface area contributed by atoms with Crippen molar-refractivity contribution in [2.24, 2.45) is 0 Å². The van der Waals surface area contributed by atoms with E-state index in [0.717, 1.165) is 24.7 Å². The topological polar surface area (TPSA) is 58.0 Å². The molecule has 3 rings (SSSR count). The fraction of sp³-hybridized carbons (Fsp3) is 0.429. The molecule has 2 aromatic rings. The van der Waals surface area contributed by atoms with Gasteiger partial charge in [0, 0.05) is 44.8 Å². The van der Waals surface area contributed by atoms with Gasteiger partial charge in [-0.3, -0.25) is 4.98 Å². The van der Waals surface area contributed by atoms with Gasteiger partial charge in [0.15, 0.2) is 5.82 Å². The molecule has 0 aromatic carbocycles. The Balaban J connectivity index is 1.70. The Labute approximate surface area is 118 Å². The van der Waals surface area contributed by atoms with E-state index in [-0.39, 0.29) is 0 Å². The molecule has 3 heterocycles. The van der Waals surface area contributed by atoms with Gasteiger partial charge in [0.1, 0.15) is 5.82 Å². The summed E-state index contributed by atoms with van der Waals surface area (Å²) >= 11 is 0. The summed E-state index contributed by atoms with van der Waals surface area (Å²) in [6, 6.07) is 4.40. The van der Waals surface area contributed by atoms with Crippen LogP contribution in [0.15, 0.2) is 36.9 Å². The fourth-order valence-electron chi connectivity index (χ4n) is 2.67. The largest absolute Gasteiger partial charge is 0.356 e. The van der Waals surface area contributed by atoms with Gasteiger partial charge in [-0.15, -0.1) is 5.10 Å². The average molecular weight is 270 g/mol. The number of hydrogen-bond acceptors (Lipinski definition) is 6. The molecule has 20 heavy (non-hydrogen) atoms. The van der Waals surface area contributed by atoms with E-state index < -0.39 is 0 Å². The molecule has 6 nitrogen and oxygen atoms in total. The van der Waals surface area contributed by atoms with Crippen LogP contribution >= 0.6 is 0 Å². The maximum atomic E-state index is 4.34. The van der Waals surface area contributed by atoms with Crippen molar-refractivity contribution in [3.05, 3.63) is 36.9 Å². The Hall–Kier alpha value is -2.24. The Kier molecular flexibility index (Phi) is 3.71. The minimum atomic E-state index is 0.443. The molecule has 0 aliphatic carbocycles. The first kappa shape index (κ1) is 12.8. The van der Waals surface area contributed by atoms with Crippen molar-refractivity contribution in [2.45, 2.75) is 18.9 Å². The SMILES string of the molecule is CN(CC1CCCN1c1cccnn1)c1cnccn1. The minimum absolute atomic E-state index is 0.443. The minimum Gasteiger partial charge on any atom is -0.356 e. The highest BCUT2D eigenvalue weighted by Crippen LogP contribution is 2.24. The molecule has 104 valence electrons. The maximum absolute atomic E-state index is 4.34. The fourth-order valence-corrected chi connectivity index (χ4v) is 2.67. The number of aromatic nitrogens is 4. The summed E-state index contributed by atoms with van der Waals surface area (Å²) in [4.78, 5) is 12.9. The zero-order valence-corrected chi connectivity index (χ0v) is 11.6. The third-order valence-electron chi connectivity index (χ3n) is 3.65. The van der Waals surface area contributed by atoms with E-state index in [1.807, 2.05) is 12.1 Å². The molecule has 1 aliphatic heterocycles. The summed E-state index contributed by atoms with van der Waals surface area (Å²) in [5, 5.41) is 8.19. The van der Waals surface area contributed by atoms with E-state index >= 15 is 0 Å². The number of nitrogens with zero attached hydrogens (tertiary/aromatic N) is 6. The summed E-state index contributed by atoms with van der Waals surface area (Å²) in [5.41, 5.74) is 0. The quantitative estimate of drug-likeness (QED) is 0.836. The predicted molar refractivity (Wildman–Crippen MR) is 77.7 cm³/mol. The summed E-state index contributed by atoms with van der Waals surface area (Å²) in [5.74, 6) is 1.86. The van der Waals surface area contributed by atoms with Crippen LogP contribution in [0.5, 0.6) is 0 Å². The predicted octanol–water partition coefficient (Wildman–Crippen LogP) is 1.37. The second kappa shape index (κ2) is 5.81. The first-order chi connectivity index (χ1) is 9.84. The van der Waals surface area contributed by atoms with Crippen molar-refractivity contribution in [2.75, 3.05) is 29.9 Å². The summed E-state index contributed by atoms with van der Waals surface area (Å²) in [6.45, 7) is 1.95. The van der Waals surface area contributed by atoms with E-state index in [4.69, 9.17) is 0 Å². The molecule has 2 aromatic heterocycles. The monoisotopic (exact) mass is 270 g/mol. The summed E-state index contributed by atoms with van der Waals surface area (Å²) in [7, 11) is 2.05. The van der Waals surface area contributed by atoms with E-state index in [9.17, 15) is 0 Å². The third kappa shape index (κ3) is 2.68. The summed E-state index contributed by atoms with van der Waals surface area (Å²) in [6.07, 6.45) is 9.28. The van der Waals surface area contributed by atoms with Crippen LogP contribution in [0.25, 0.3) is 0 Å². The first-order valence-corrected chi connectivity index (χ1v) is 6.86. The highest BCUT2D eigenvalue weighted by molar-refractivity contribution is 5.41. The molecule has 0 N–H and O–H groups in total. The zero-order chi connectivity index (χ0) is 13.8. The van der Waals surface area contributed by atoms with E-state index in [0.29, 0.717) is 6.04 Å². The second-order valence-corrected chi connectivity index (χ2v) is 5.02. The van der Waals surface area contributed by atoms with Crippen LogP contribution in [0.2, 0.25) is 0 Å². The second-order valence-electron chi connectivity index (χ2n) is 5.02. The lowest BCUT2D eigenvalue weighted by molar-refractivity contribution is 0.643. The molecule has 0 saturated carbocycles.